The predicted molar refractivity (Wildman–Crippen MR) is 80.8 cm³/mol. The summed E-state index contributed by atoms with van der Waals surface area (Å²) < 4.78 is 27.9. The van der Waals surface area contributed by atoms with E-state index in [4.69, 9.17) is 21.5 Å². The highest BCUT2D eigenvalue weighted by Gasteiger charge is 2.20. The van der Waals surface area contributed by atoms with Gasteiger partial charge >= 0.3 is 0 Å². The molecule has 8 heteroatoms. The Morgan fingerprint density at radius 3 is 2.52 bits per heavy atom. The lowest BCUT2D eigenvalue weighted by atomic mass is 10.0. The number of carbonyl (C=O) groups is 1. The predicted octanol–water partition coefficient (Wildman–Crippen LogP) is 1.39. The van der Waals surface area contributed by atoms with Gasteiger partial charge in [0, 0.05) is 12.7 Å². The fourth-order valence-electron chi connectivity index (χ4n) is 1.69. The number of primary sulfonamides is 1. The topological polar surface area (TPSA) is 98.5 Å². The van der Waals surface area contributed by atoms with Crippen LogP contribution in [-0.2, 0) is 14.8 Å². The van der Waals surface area contributed by atoms with Crippen LogP contribution < -0.4 is 10.5 Å². The van der Waals surface area contributed by atoms with E-state index in [1.54, 1.807) is 7.11 Å². The van der Waals surface area contributed by atoms with E-state index in [1.165, 1.54) is 12.1 Å². The highest BCUT2D eigenvalue weighted by Crippen LogP contribution is 2.21. The summed E-state index contributed by atoms with van der Waals surface area (Å²) in [7, 11) is -2.44. The summed E-state index contributed by atoms with van der Waals surface area (Å²) in [6.45, 7) is 4.25. The van der Waals surface area contributed by atoms with E-state index < -0.39 is 15.9 Å². The summed E-state index contributed by atoms with van der Waals surface area (Å²) in [5.41, 5.74) is 0.171. The number of nitrogens with one attached hydrogen (secondary N) is 1. The van der Waals surface area contributed by atoms with Gasteiger partial charge in [-0.25, -0.2) is 13.6 Å². The molecule has 1 atom stereocenters. The molecule has 0 saturated heterocycles. The van der Waals surface area contributed by atoms with E-state index in [0.717, 1.165) is 6.07 Å². The number of rotatable bonds is 6. The maximum absolute atomic E-state index is 12.2. The number of benzene rings is 1. The zero-order valence-electron chi connectivity index (χ0n) is 12.1. The molecule has 118 valence electrons. The molecule has 0 spiro atoms. The van der Waals surface area contributed by atoms with Gasteiger partial charge in [0.15, 0.2) is 0 Å². The highest BCUT2D eigenvalue weighted by atomic mass is 35.5. The number of sulfonamides is 1. The zero-order valence-corrected chi connectivity index (χ0v) is 13.7. The minimum Gasteiger partial charge on any atom is -0.383 e. The van der Waals surface area contributed by atoms with Crippen LogP contribution in [0.1, 0.15) is 24.2 Å². The van der Waals surface area contributed by atoms with Crippen LogP contribution in [-0.4, -0.2) is 34.1 Å². The molecule has 1 aromatic carbocycles. The lowest BCUT2D eigenvalue weighted by Crippen LogP contribution is -2.41. The number of amides is 1. The molecule has 1 aromatic rings. The lowest BCUT2D eigenvalue weighted by molar-refractivity contribution is 0.0866. The van der Waals surface area contributed by atoms with Gasteiger partial charge in [-0.1, -0.05) is 25.4 Å². The number of ether oxygens (including phenoxy) is 1. The second-order valence-corrected chi connectivity index (χ2v) is 6.91. The van der Waals surface area contributed by atoms with Crippen LogP contribution in [0.25, 0.3) is 0 Å². The van der Waals surface area contributed by atoms with Crippen LogP contribution in [0.15, 0.2) is 23.1 Å². The SMILES string of the molecule is COCC(NC(=O)c1ccc(Cl)c(S(N)(=O)=O)c1)C(C)C. The van der Waals surface area contributed by atoms with E-state index in [-0.39, 0.29) is 27.4 Å². The number of hydrogen-bond acceptors (Lipinski definition) is 4. The average Bonchev–Trinajstić information content (AvgIpc) is 2.37. The van der Waals surface area contributed by atoms with E-state index in [1.807, 2.05) is 13.8 Å². The van der Waals surface area contributed by atoms with Gasteiger partial charge in [-0.05, 0) is 24.1 Å². The Hall–Kier alpha value is -1.15. The molecular weight excluding hydrogens is 316 g/mol. The summed E-state index contributed by atoms with van der Waals surface area (Å²) in [5.74, 6) is -0.244. The number of halogens is 1. The molecule has 1 rings (SSSR count). The Balaban J connectivity index is 3.03. The Bertz CT molecular complexity index is 617. The van der Waals surface area contributed by atoms with Crippen molar-refractivity contribution >= 4 is 27.5 Å². The number of hydrogen-bond donors (Lipinski definition) is 2. The van der Waals surface area contributed by atoms with Crippen LogP contribution in [0.4, 0.5) is 0 Å². The first-order valence-corrected chi connectivity index (χ1v) is 8.21. The molecule has 1 unspecified atom stereocenters. The largest absolute Gasteiger partial charge is 0.383 e. The molecular formula is C13H19ClN2O4S. The van der Waals surface area contributed by atoms with Crippen LogP contribution in [0.5, 0.6) is 0 Å². The lowest BCUT2D eigenvalue weighted by Gasteiger charge is -2.21. The zero-order chi connectivity index (χ0) is 16.2. The van der Waals surface area contributed by atoms with Gasteiger partial charge in [-0.15, -0.1) is 0 Å². The van der Waals surface area contributed by atoms with Gasteiger partial charge in [0.2, 0.25) is 10.0 Å². The molecule has 0 radical (unpaired) electrons. The molecule has 6 nitrogen and oxygen atoms in total. The van der Waals surface area contributed by atoms with Gasteiger partial charge in [-0.2, -0.15) is 0 Å². The third kappa shape index (κ3) is 4.96. The quantitative estimate of drug-likeness (QED) is 0.821. The summed E-state index contributed by atoms with van der Waals surface area (Å²) in [6, 6.07) is 3.75. The Labute approximate surface area is 129 Å². The van der Waals surface area contributed by atoms with Crippen molar-refractivity contribution in [2.24, 2.45) is 11.1 Å². The van der Waals surface area contributed by atoms with Crippen molar-refractivity contribution in [2.45, 2.75) is 24.8 Å². The second kappa shape index (κ2) is 7.22. The molecule has 1 amide bonds. The summed E-state index contributed by atoms with van der Waals surface area (Å²) >= 11 is 5.78. The summed E-state index contributed by atoms with van der Waals surface area (Å²) in [5, 5.41) is 7.83. The molecule has 0 saturated carbocycles. The van der Waals surface area contributed by atoms with Crippen molar-refractivity contribution in [2.75, 3.05) is 13.7 Å². The van der Waals surface area contributed by atoms with Crippen molar-refractivity contribution in [3.63, 3.8) is 0 Å². The number of methoxy groups -OCH3 is 1. The Morgan fingerprint density at radius 1 is 1.43 bits per heavy atom. The maximum atomic E-state index is 12.2. The van der Waals surface area contributed by atoms with Crippen LogP contribution >= 0.6 is 11.6 Å². The molecule has 0 aromatic heterocycles. The van der Waals surface area contributed by atoms with Crippen molar-refractivity contribution in [1.29, 1.82) is 0 Å². The van der Waals surface area contributed by atoms with Crippen molar-refractivity contribution in [3.8, 4) is 0 Å². The van der Waals surface area contributed by atoms with Crippen molar-refractivity contribution in [3.05, 3.63) is 28.8 Å². The molecule has 0 aliphatic carbocycles. The first kappa shape index (κ1) is 17.9. The molecule has 3 N–H and O–H groups in total. The normalized spacial score (nSPS) is 13.2. The van der Waals surface area contributed by atoms with Gasteiger partial charge in [-0.3, -0.25) is 4.79 Å². The first-order valence-electron chi connectivity index (χ1n) is 6.29. The summed E-state index contributed by atoms with van der Waals surface area (Å²) in [6.07, 6.45) is 0. The van der Waals surface area contributed by atoms with Crippen LogP contribution in [0, 0.1) is 5.92 Å². The van der Waals surface area contributed by atoms with E-state index in [2.05, 4.69) is 5.32 Å². The highest BCUT2D eigenvalue weighted by molar-refractivity contribution is 7.89. The van der Waals surface area contributed by atoms with Crippen LogP contribution in [0.3, 0.4) is 0 Å². The van der Waals surface area contributed by atoms with Gasteiger partial charge in [0.25, 0.3) is 5.91 Å². The Kier molecular flexibility index (Phi) is 6.15. The fourth-order valence-corrected chi connectivity index (χ4v) is 2.77. The molecule has 21 heavy (non-hydrogen) atoms. The third-order valence-corrected chi connectivity index (χ3v) is 4.36. The molecule has 0 aliphatic rings. The van der Waals surface area contributed by atoms with E-state index >= 15 is 0 Å². The van der Waals surface area contributed by atoms with E-state index in [9.17, 15) is 13.2 Å². The molecule has 0 fully saturated rings. The number of carbonyl (C=O) groups excluding carboxylic acids is 1. The van der Waals surface area contributed by atoms with Crippen molar-refractivity contribution < 1.29 is 17.9 Å². The van der Waals surface area contributed by atoms with Gasteiger partial charge in [0.1, 0.15) is 4.90 Å². The van der Waals surface area contributed by atoms with Gasteiger partial charge in [0.05, 0.1) is 17.7 Å². The number of nitrogens with two attached hydrogens (primary N) is 1. The molecule has 0 heterocycles. The minimum absolute atomic E-state index is 0.0219. The Morgan fingerprint density at radius 2 is 2.05 bits per heavy atom. The van der Waals surface area contributed by atoms with Gasteiger partial charge < -0.3 is 10.1 Å². The second-order valence-electron chi connectivity index (χ2n) is 4.97. The van der Waals surface area contributed by atoms with E-state index in [0.29, 0.717) is 6.61 Å². The maximum Gasteiger partial charge on any atom is 0.251 e. The molecule has 0 bridgehead atoms. The monoisotopic (exact) mass is 334 g/mol. The summed E-state index contributed by atoms with van der Waals surface area (Å²) in [4.78, 5) is 11.9. The standard InChI is InChI=1S/C13H19ClN2O4S/c1-8(2)11(7-20-3)16-13(17)9-4-5-10(14)12(6-9)21(15,18)19/h4-6,8,11H,7H2,1-3H3,(H,16,17)(H2,15,18,19). The first-order chi connectivity index (χ1) is 9.66. The van der Waals surface area contributed by atoms with Crippen LogP contribution in [0.2, 0.25) is 5.02 Å². The molecule has 0 aliphatic heterocycles. The third-order valence-electron chi connectivity index (χ3n) is 2.97. The smallest absolute Gasteiger partial charge is 0.251 e. The fraction of sp³-hybridized carbons (Fsp3) is 0.462. The van der Waals surface area contributed by atoms with Crippen molar-refractivity contribution in [1.82, 2.24) is 5.32 Å². The average molecular weight is 335 g/mol. The minimum atomic E-state index is -3.98.